The van der Waals surface area contributed by atoms with Gasteiger partial charge in [0.05, 0.1) is 23.9 Å². The van der Waals surface area contributed by atoms with Gasteiger partial charge in [-0.15, -0.1) is 0 Å². The maximum absolute atomic E-state index is 12.3. The molecular weight excluding hydrogens is 303 g/mol. The van der Waals surface area contributed by atoms with Gasteiger partial charge in [-0.05, 0) is 28.7 Å². The molecule has 0 atom stereocenters. The average Bonchev–Trinajstić information content (AvgIpc) is 2.12. The van der Waals surface area contributed by atoms with Gasteiger partial charge < -0.3 is 5.73 Å². The molecule has 2 N–H and O–H groups in total. The largest absolute Gasteiger partial charge is 0.396 e. The van der Waals surface area contributed by atoms with Crippen molar-refractivity contribution in [3.8, 4) is 6.07 Å². The Morgan fingerprint density at radius 3 is 2.79 bits per heavy atom. The molecule has 1 rings (SSSR count). The predicted octanol–water partition coefficient (Wildman–Crippen LogP) is 2.27. The number of hydrogen-bond donors (Lipinski definition) is 1. The molecule has 0 saturated heterocycles. The van der Waals surface area contributed by atoms with Crippen molar-refractivity contribution in [3.05, 3.63) is 21.0 Å². The van der Waals surface area contributed by atoms with Crippen LogP contribution in [0.4, 0.5) is 14.5 Å². The molecule has 0 aromatic carbocycles. The molecule has 0 aliphatic carbocycles. The zero-order valence-electron chi connectivity index (χ0n) is 6.97. The second-order valence-electron chi connectivity index (χ2n) is 2.52. The Morgan fingerprint density at radius 1 is 1.64 bits per heavy atom. The molecular formula is C8H6F2IN3. The molecule has 1 aromatic heterocycles. The molecule has 14 heavy (non-hydrogen) atoms. The van der Waals surface area contributed by atoms with Crippen LogP contribution in [0, 0.1) is 14.9 Å². The molecule has 6 heteroatoms. The second kappa shape index (κ2) is 4.50. The Kier molecular flexibility index (Phi) is 3.57. The lowest BCUT2D eigenvalue weighted by Crippen LogP contribution is -2.03. The van der Waals surface area contributed by atoms with E-state index in [1.807, 2.05) is 28.7 Å². The summed E-state index contributed by atoms with van der Waals surface area (Å²) < 4.78 is 25.1. The highest BCUT2D eigenvalue weighted by molar-refractivity contribution is 14.1. The Morgan fingerprint density at radius 2 is 2.29 bits per heavy atom. The van der Waals surface area contributed by atoms with Crippen LogP contribution in [0.3, 0.4) is 0 Å². The van der Waals surface area contributed by atoms with Crippen molar-refractivity contribution in [1.29, 1.82) is 5.26 Å². The minimum absolute atomic E-state index is 0.0532. The number of hydrogen-bond acceptors (Lipinski definition) is 3. The maximum atomic E-state index is 12.3. The van der Waals surface area contributed by atoms with Gasteiger partial charge >= 0.3 is 0 Å². The summed E-state index contributed by atoms with van der Waals surface area (Å²) in [6, 6.07) is 3.05. The van der Waals surface area contributed by atoms with E-state index in [0.29, 0.717) is 9.26 Å². The Hall–Kier alpha value is -0.970. The number of nitrogens with two attached hydrogens (primary N) is 1. The number of aromatic nitrogens is 1. The van der Waals surface area contributed by atoms with Crippen LogP contribution in [-0.2, 0) is 6.42 Å². The third kappa shape index (κ3) is 2.29. The number of nitrogen functional groups attached to an aromatic ring is 1. The van der Waals surface area contributed by atoms with E-state index >= 15 is 0 Å². The molecule has 1 aromatic rings. The Labute approximate surface area is 93.1 Å². The topological polar surface area (TPSA) is 62.7 Å². The van der Waals surface area contributed by atoms with Crippen molar-refractivity contribution >= 4 is 28.3 Å². The molecule has 0 aliphatic heterocycles. The highest BCUT2D eigenvalue weighted by atomic mass is 127. The number of alkyl halides is 2. The maximum Gasteiger partial charge on any atom is 0.280 e. The summed E-state index contributed by atoms with van der Waals surface area (Å²) in [4.78, 5) is 3.62. The normalized spacial score (nSPS) is 10.2. The minimum atomic E-state index is -2.64. The van der Waals surface area contributed by atoms with E-state index in [2.05, 4.69) is 4.98 Å². The van der Waals surface area contributed by atoms with Crippen LogP contribution in [0.15, 0.2) is 6.07 Å². The summed E-state index contributed by atoms with van der Waals surface area (Å²) in [6.07, 6.45) is -2.69. The summed E-state index contributed by atoms with van der Waals surface area (Å²) in [5, 5.41) is 8.43. The number of rotatable bonds is 2. The lowest BCUT2D eigenvalue weighted by Gasteiger charge is -2.06. The van der Waals surface area contributed by atoms with E-state index in [0.717, 1.165) is 0 Å². The predicted molar refractivity (Wildman–Crippen MR) is 55.6 cm³/mol. The van der Waals surface area contributed by atoms with Gasteiger partial charge in [0, 0.05) is 3.57 Å². The van der Waals surface area contributed by atoms with E-state index in [1.165, 1.54) is 6.07 Å². The van der Waals surface area contributed by atoms with Crippen molar-refractivity contribution in [2.75, 3.05) is 5.73 Å². The van der Waals surface area contributed by atoms with Crippen molar-refractivity contribution < 1.29 is 8.78 Å². The van der Waals surface area contributed by atoms with Crippen LogP contribution in [-0.4, -0.2) is 4.98 Å². The van der Waals surface area contributed by atoms with Gasteiger partial charge in [-0.2, -0.15) is 5.26 Å². The first-order chi connectivity index (χ1) is 6.56. The molecule has 0 fully saturated rings. The van der Waals surface area contributed by atoms with Gasteiger partial charge in [0.2, 0.25) is 0 Å². The van der Waals surface area contributed by atoms with E-state index in [1.54, 1.807) is 0 Å². The number of pyridine rings is 1. The van der Waals surface area contributed by atoms with E-state index < -0.39 is 6.43 Å². The Bertz CT molecular complexity index is 387. The second-order valence-corrected chi connectivity index (χ2v) is 3.69. The molecule has 0 radical (unpaired) electrons. The van der Waals surface area contributed by atoms with Crippen LogP contribution < -0.4 is 5.73 Å². The molecule has 0 aliphatic rings. The molecule has 0 spiro atoms. The van der Waals surface area contributed by atoms with Gasteiger partial charge in [0.1, 0.15) is 5.69 Å². The highest BCUT2D eigenvalue weighted by Crippen LogP contribution is 2.24. The smallest absolute Gasteiger partial charge is 0.280 e. The highest BCUT2D eigenvalue weighted by Gasteiger charge is 2.14. The fraction of sp³-hybridized carbons (Fsp3) is 0.250. The summed E-state index contributed by atoms with van der Waals surface area (Å²) in [7, 11) is 0. The third-order valence-electron chi connectivity index (χ3n) is 1.58. The summed E-state index contributed by atoms with van der Waals surface area (Å²) in [5.41, 5.74) is 5.75. The van der Waals surface area contributed by atoms with Crippen molar-refractivity contribution in [2.45, 2.75) is 12.8 Å². The first-order valence-corrected chi connectivity index (χ1v) is 4.74. The summed E-state index contributed by atoms with van der Waals surface area (Å²) in [5.74, 6) is 0. The van der Waals surface area contributed by atoms with Crippen molar-refractivity contribution in [2.24, 2.45) is 0 Å². The quantitative estimate of drug-likeness (QED) is 0.853. The number of nitriles is 1. The van der Waals surface area contributed by atoms with Crippen LogP contribution in [0.5, 0.6) is 0 Å². The first-order valence-electron chi connectivity index (χ1n) is 3.66. The molecule has 74 valence electrons. The number of nitrogens with zero attached hydrogens (tertiary/aromatic N) is 2. The lowest BCUT2D eigenvalue weighted by molar-refractivity contribution is 0.146. The minimum Gasteiger partial charge on any atom is -0.396 e. The van der Waals surface area contributed by atoms with Crippen molar-refractivity contribution in [1.82, 2.24) is 4.98 Å². The monoisotopic (exact) mass is 309 g/mol. The van der Waals surface area contributed by atoms with E-state index in [4.69, 9.17) is 11.0 Å². The molecule has 0 amide bonds. The Balaban J connectivity index is 3.22. The van der Waals surface area contributed by atoms with Gasteiger partial charge in [0.25, 0.3) is 6.43 Å². The van der Waals surface area contributed by atoms with Gasteiger partial charge in [-0.3, -0.25) is 0 Å². The van der Waals surface area contributed by atoms with Crippen molar-refractivity contribution in [3.63, 3.8) is 0 Å². The van der Waals surface area contributed by atoms with Crippen LogP contribution in [0.2, 0.25) is 0 Å². The van der Waals surface area contributed by atoms with Gasteiger partial charge in [-0.1, -0.05) is 0 Å². The number of anilines is 1. The van der Waals surface area contributed by atoms with E-state index in [9.17, 15) is 8.78 Å². The molecule has 0 bridgehead atoms. The molecule has 1 heterocycles. The zero-order valence-corrected chi connectivity index (χ0v) is 9.12. The number of halogens is 3. The zero-order chi connectivity index (χ0) is 10.7. The fourth-order valence-electron chi connectivity index (χ4n) is 0.915. The standard InChI is InChI=1S/C8H6F2IN3/c9-8(10)6-3-4(11)7(13)5(14-6)1-2-12/h3,8H,1,13H2. The van der Waals surface area contributed by atoms with Gasteiger partial charge in [0.15, 0.2) is 0 Å². The van der Waals surface area contributed by atoms with E-state index in [-0.39, 0.29) is 17.8 Å². The average molecular weight is 309 g/mol. The van der Waals surface area contributed by atoms with Crippen LogP contribution in [0.1, 0.15) is 17.8 Å². The SMILES string of the molecule is N#CCc1nc(C(F)F)cc(I)c1N. The first kappa shape index (κ1) is 11.1. The van der Waals surface area contributed by atoms with Crippen LogP contribution >= 0.6 is 22.6 Å². The fourth-order valence-corrected chi connectivity index (χ4v) is 1.55. The third-order valence-corrected chi connectivity index (χ3v) is 2.47. The summed E-state index contributed by atoms with van der Waals surface area (Å²) >= 11 is 1.84. The van der Waals surface area contributed by atoms with Gasteiger partial charge in [-0.25, -0.2) is 13.8 Å². The lowest BCUT2D eigenvalue weighted by atomic mass is 10.2. The van der Waals surface area contributed by atoms with Crippen LogP contribution in [0.25, 0.3) is 0 Å². The summed E-state index contributed by atoms with van der Waals surface area (Å²) in [6.45, 7) is 0. The molecule has 0 saturated carbocycles. The molecule has 0 unspecified atom stereocenters. The molecule has 3 nitrogen and oxygen atoms in total.